The summed E-state index contributed by atoms with van der Waals surface area (Å²) >= 11 is 11.7. The Morgan fingerprint density at radius 3 is 1.83 bits per heavy atom. The van der Waals surface area contributed by atoms with Gasteiger partial charge in [-0.15, -0.1) is 11.6 Å². The zero-order valence-corrected chi connectivity index (χ0v) is 10.8. The van der Waals surface area contributed by atoms with Gasteiger partial charge in [0, 0.05) is 0 Å². The lowest BCUT2D eigenvalue weighted by Crippen LogP contribution is -2.27. The Hall–Kier alpha value is 0.337. The maximum atomic E-state index is 5.90. The molecule has 1 atom stereocenters. The van der Waals surface area contributed by atoms with Gasteiger partial charge in [0.15, 0.2) is 0 Å². The summed E-state index contributed by atoms with van der Waals surface area (Å²) in [6, 6.07) is 0. The molecule has 0 saturated carbocycles. The lowest BCUT2D eigenvalue weighted by Gasteiger charge is -2.23. The standard InChI is InChI=1S/C8H16Cl2OSi/c1-6(9)8(7(2)10)11-12(3,4)5/h6H,1-5H3/b8-7+. The van der Waals surface area contributed by atoms with Crippen LogP contribution in [0.5, 0.6) is 0 Å². The van der Waals surface area contributed by atoms with Gasteiger partial charge in [-0.3, -0.25) is 0 Å². The largest absolute Gasteiger partial charge is 0.545 e. The monoisotopic (exact) mass is 226 g/mol. The predicted octanol–water partition coefficient (Wildman–Crippen LogP) is 3.94. The molecule has 0 fully saturated rings. The van der Waals surface area contributed by atoms with Gasteiger partial charge in [0.1, 0.15) is 5.76 Å². The number of alkyl halides is 1. The van der Waals surface area contributed by atoms with Gasteiger partial charge in [0.05, 0.1) is 10.4 Å². The Morgan fingerprint density at radius 2 is 1.75 bits per heavy atom. The van der Waals surface area contributed by atoms with Gasteiger partial charge in [-0.1, -0.05) is 11.6 Å². The van der Waals surface area contributed by atoms with Crippen LogP contribution in [0.2, 0.25) is 19.6 Å². The fraction of sp³-hybridized carbons (Fsp3) is 0.750. The summed E-state index contributed by atoms with van der Waals surface area (Å²) in [5.74, 6) is 0.720. The van der Waals surface area contributed by atoms with E-state index in [9.17, 15) is 0 Å². The van der Waals surface area contributed by atoms with Gasteiger partial charge in [0.25, 0.3) is 0 Å². The smallest absolute Gasteiger partial charge is 0.241 e. The van der Waals surface area contributed by atoms with E-state index < -0.39 is 8.32 Å². The molecule has 1 unspecified atom stereocenters. The van der Waals surface area contributed by atoms with Crippen LogP contribution in [-0.2, 0) is 4.43 Å². The second-order valence-electron chi connectivity index (χ2n) is 3.73. The van der Waals surface area contributed by atoms with E-state index in [1.54, 1.807) is 6.92 Å². The summed E-state index contributed by atoms with van der Waals surface area (Å²) in [6.45, 7) is 9.98. The molecule has 0 aliphatic carbocycles. The van der Waals surface area contributed by atoms with Gasteiger partial charge >= 0.3 is 0 Å². The molecule has 4 heteroatoms. The molecular weight excluding hydrogens is 211 g/mol. The van der Waals surface area contributed by atoms with Gasteiger partial charge in [-0.2, -0.15) is 0 Å². The van der Waals surface area contributed by atoms with Crippen molar-refractivity contribution in [1.82, 2.24) is 0 Å². The van der Waals surface area contributed by atoms with Crippen LogP contribution in [-0.4, -0.2) is 13.7 Å². The lowest BCUT2D eigenvalue weighted by molar-refractivity contribution is 0.405. The van der Waals surface area contributed by atoms with Crippen molar-refractivity contribution in [3.05, 3.63) is 10.8 Å². The Labute approximate surface area is 85.8 Å². The molecule has 0 spiro atoms. The zero-order chi connectivity index (χ0) is 9.94. The number of halogens is 2. The lowest BCUT2D eigenvalue weighted by atomic mass is 10.4. The second kappa shape index (κ2) is 4.54. The average molecular weight is 227 g/mol. The first-order chi connectivity index (χ1) is 5.24. The molecule has 0 aromatic carbocycles. The Bertz CT molecular complexity index is 178. The molecule has 72 valence electrons. The van der Waals surface area contributed by atoms with E-state index in [0.29, 0.717) is 5.03 Å². The topological polar surface area (TPSA) is 9.23 Å². The number of hydrogen-bond acceptors (Lipinski definition) is 1. The van der Waals surface area contributed by atoms with E-state index in [1.165, 1.54) is 0 Å². The first-order valence-corrected chi connectivity index (χ1v) is 8.15. The van der Waals surface area contributed by atoms with Crippen molar-refractivity contribution >= 4 is 31.5 Å². The van der Waals surface area contributed by atoms with Crippen molar-refractivity contribution < 1.29 is 4.43 Å². The van der Waals surface area contributed by atoms with Crippen LogP contribution >= 0.6 is 23.2 Å². The molecule has 0 amide bonds. The van der Waals surface area contributed by atoms with E-state index in [4.69, 9.17) is 27.6 Å². The quantitative estimate of drug-likeness (QED) is 0.403. The van der Waals surface area contributed by atoms with Crippen molar-refractivity contribution in [1.29, 1.82) is 0 Å². The Kier molecular flexibility index (Phi) is 4.67. The molecule has 1 nitrogen and oxygen atoms in total. The van der Waals surface area contributed by atoms with E-state index in [1.807, 2.05) is 6.92 Å². The highest BCUT2D eigenvalue weighted by Gasteiger charge is 2.21. The summed E-state index contributed by atoms with van der Waals surface area (Å²) in [5, 5.41) is 0.508. The molecule has 0 heterocycles. The van der Waals surface area contributed by atoms with Gasteiger partial charge in [-0.25, -0.2) is 0 Å². The van der Waals surface area contributed by atoms with Crippen LogP contribution in [0.15, 0.2) is 10.8 Å². The van der Waals surface area contributed by atoms with Crippen molar-refractivity contribution in [2.24, 2.45) is 0 Å². The highest BCUT2D eigenvalue weighted by molar-refractivity contribution is 6.70. The molecular formula is C8H16Cl2OSi. The van der Waals surface area contributed by atoms with Crippen molar-refractivity contribution in [3.63, 3.8) is 0 Å². The molecule has 0 radical (unpaired) electrons. The van der Waals surface area contributed by atoms with Crippen molar-refractivity contribution in [3.8, 4) is 0 Å². The summed E-state index contributed by atoms with van der Waals surface area (Å²) < 4.78 is 5.72. The fourth-order valence-electron chi connectivity index (χ4n) is 0.755. The van der Waals surface area contributed by atoms with E-state index in [0.717, 1.165) is 5.76 Å². The van der Waals surface area contributed by atoms with Gasteiger partial charge in [0.2, 0.25) is 8.32 Å². The number of allylic oxidation sites excluding steroid dienone is 2. The first kappa shape index (κ1) is 12.3. The minimum atomic E-state index is -1.57. The molecule has 0 saturated heterocycles. The van der Waals surface area contributed by atoms with Gasteiger partial charge < -0.3 is 4.43 Å². The third-order valence-electron chi connectivity index (χ3n) is 1.12. The molecule has 0 aliphatic heterocycles. The average Bonchev–Trinajstić information content (AvgIpc) is 1.79. The molecule has 0 bridgehead atoms. The summed E-state index contributed by atoms with van der Waals surface area (Å²) in [4.78, 5) is 0. The normalized spacial score (nSPS) is 16.9. The van der Waals surface area contributed by atoms with Crippen LogP contribution in [0.4, 0.5) is 0 Å². The molecule has 0 aromatic heterocycles. The van der Waals surface area contributed by atoms with Crippen LogP contribution < -0.4 is 0 Å². The zero-order valence-electron chi connectivity index (χ0n) is 8.24. The first-order valence-electron chi connectivity index (χ1n) is 3.93. The summed E-state index contributed by atoms with van der Waals surface area (Å²) in [5.41, 5.74) is 0. The highest BCUT2D eigenvalue weighted by Crippen LogP contribution is 2.22. The third kappa shape index (κ3) is 5.07. The Balaban J connectivity index is 4.49. The fourth-order valence-corrected chi connectivity index (χ4v) is 2.35. The van der Waals surface area contributed by atoms with Crippen LogP contribution in [0.1, 0.15) is 13.8 Å². The van der Waals surface area contributed by atoms with E-state index in [2.05, 4.69) is 19.6 Å². The van der Waals surface area contributed by atoms with Crippen molar-refractivity contribution in [2.75, 3.05) is 0 Å². The van der Waals surface area contributed by atoms with Crippen molar-refractivity contribution in [2.45, 2.75) is 38.9 Å². The van der Waals surface area contributed by atoms with E-state index >= 15 is 0 Å². The summed E-state index contributed by atoms with van der Waals surface area (Å²) in [6.07, 6.45) is 0. The molecule has 0 aliphatic rings. The molecule has 0 N–H and O–H groups in total. The maximum absolute atomic E-state index is 5.90. The molecule has 12 heavy (non-hydrogen) atoms. The third-order valence-corrected chi connectivity index (χ3v) is 2.33. The highest BCUT2D eigenvalue weighted by atomic mass is 35.5. The number of rotatable bonds is 3. The SMILES string of the molecule is C/C(Cl)=C(\O[Si](C)(C)C)C(C)Cl. The minimum absolute atomic E-state index is 0.144. The number of hydrogen-bond donors (Lipinski definition) is 0. The maximum Gasteiger partial charge on any atom is 0.241 e. The van der Waals surface area contributed by atoms with Gasteiger partial charge in [-0.05, 0) is 33.5 Å². The molecule has 0 aromatic rings. The Morgan fingerprint density at radius 1 is 1.33 bits per heavy atom. The van der Waals surface area contributed by atoms with Crippen LogP contribution in [0.3, 0.4) is 0 Å². The summed E-state index contributed by atoms with van der Waals surface area (Å²) in [7, 11) is -1.57. The van der Waals surface area contributed by atoms with Crippen LogP contribution in [0, 0.1) is 0 Å². The molecule has 0 rings (SSSR count). The predicted molar refractivity (Wildman–Crippen MR) is 58.3 cm³/mol. The minimum Gasteiger partial charge on any atom is -0.545 e. The van der Waals surface area contributed by atoms with E-state index in [-0.39, 0.29) is 5.38 Å². The second-order valence-corrected chi connectivity index (χ2v) is 9.38. The van der Waals surface area contributed by atoms with Crippen LogP contribution in [0.25, 0.3) is 0 Å².